The van der Waals surface area contributed by atoms with E-state index in [4.69, 9.17) is 9.47 Å². The molecule has 1 fully saturated rings. The maximum atomic E-state index is 13.8. The van der Waals surface area contributed by atoms with Crippen LogP contribution in [0.5, 0.6) is 5.75 Å². The second-order valence-electron chi connectivity index (χ2n) is 12.7. The van der Waals surface area contributed by atoms with Crippen molar-refractivity contribution < 1.29 is 33.4 Å². The third-order valence-electron chi connectivity index (χ3n) is 8.83. The highest BCUT2D eigenvalue weighted by Gasteiger charge is 2.33. The Balaban J connectivity index is 1.51. The largest absolute Gasteiger partial charge is 0.496 e. The van der Waals surface area contributed by atoms with Crippen molar-refractivity contribution in [1.82, 2.24) is 14.9 Å². The van der Waals surface area contributed by atoms with Crippen LogP contribution in [-0.4, -0.2) is 58.5 Å². The van der Waals surface area contributed by atoms with Gasteiger partial charge in [-0.15, -0.1) is 0 Å². The highest BCUT2D eigenvalue weighted by molar-refractivity contribution is 6.03. The van der Waals surface area contributed by atoms with Crippen LogP contribution in [0.25, 0.3) is 10.9 Å². The summed E-state index contributed by atoms with van der Waals surface area (Å²) in [5.41, 5.74) is 2.98. The fraction of sp³-hybridized carbons (Fsp3) is 0.514. The minimum absolute atomic E-state index is 0.0655. The molecule has 242 valence electrons. The number of nitrogens with one attached hydrogen (secondary N) is 2. The molecule has 3 aromatic rings. The number of fused-ring (bicyclic) bond motifs is 1. The SMILES string of the molecule is COc1cccc2[nH]c(C(=O)C[C@@H](CC(C)C)C(=O)N[C@@H](C[C@@H]3CCCCC3=O)C(=O)COC(=O)c3c(C)cn(C)c3C)cc12. The first-order chi connectivity index (χ1) is 21.4. The number of ketones is 3. The van der Waals surface area contributed by atoms with E-state index >= 15 is 0 Å². The molecule has 4 rings (SSSR count). The van der Waals surface area contributed by atoms with Crippen molar-refractivity contribution in [2.24, 2.45) is 24.8 Å². The monoisotopic (exact) mass is 619 g/mol. The van der Waals surface area contributed by atoms with Gasteiger partial charge in [-0.3, -0.25) is 19.2 Å². The lowest BCUT2D eigenvalue weighted by atomic mass is 9.82. The molecule has 3 atom stereocenters. The number of ether oxygens (including phenoxy) is 2. The van der Waals surface area contributed by atoms with Crippen molar-refractivity contribution in [3.8, 4) is 5.75 Å². The summed E-state index contributed by atoms with van der Waals surface area (Å²) < 4.78 is 12.7. The topological polar surface area (TPSA) is 137 Å². The number of Topliss-reactive ketones (excluding diaryl/α,β-unsaturated/α-hetero) is 3. The molecule has 2 heterocycles. The van der Waals surface area contributed by atoms with Crippen LogP contribution in [0.2, 0.25) is 0 Å². The lowest BCUT2D eigenvalue weighted by Crippen LogP contribution is -2.47. The number of nitrogens with zero attached hydrogens (tertiary/aromatic N) is 1. The number of hydrogen-bond acceptors (Lipinski definition) is 7. The van der Waals surface area contributed by atoms with Crippen molar-refractivity contribution in [1.29, 1.82) is 0 Å². The first-order valence-electron chi connectivity index (χ1n) is 15.7. The molecular weight excluding hydrogens is 574 g/mol. The van der Waals surface area contributed by atoms with Crippen LogP contribution in [-0.2, 0) is 26.2 Å². The van der Waals surface area contributed by atoms with E-state index in [0.29, 0.717) is 36.3 Å². The number of hydrogen-bond donors (Lipinski definition) is 2. The molecule has 1 amide bonds. The molecule has 0 aliphatic heterocycles. The van der Waals surface area contributed by atoms with Crippen LogP contribution in [0.3, 0.4) is 0 Å². The molecular formula is C35H45N3O7. The van der Waals surface area contributed by atoms with E-state index in [2.05, 4.69) is 10.3 Å². The molecule has 2 aromatic heterocycles. The molecule has 1 aromatic carbocycles. The molecule has 45 heavy (non-hydrogen) atoms. The molecule has 1 saturated carbocycles. The van der Waals surface area contributed by atoms with Gasteiger partial charge in [0, 0.05) is 54.5 Å². The van der Waals surface area contributed by atoms with Gasteiger partial charge in [-0.05, 0) is 69.2 Å². The minimum Gasteiger partial charge on any atom is -0.496 e. The number of aryl methyl sites for hydroxylation is 2. The van der Waals surface area contributed by atoms with Crippen LogP contribution in [0.1, 0.15) is 90.9 Å². The Morgan fingerprint density at radius 2 is 1.89 bits per heavy atom. The third-order valence-corrected chi connectivity index (χ3v) is 8.83. The number of amides is 1. The molecule has 0 radical (unpaired) electrons. The van der Waals surface area contributed by atoms with E-state index in [9.17, 15) is 24.0 Å². The van der Waals surface area contributed by atoms with E-state index in [1.807, 2.05) is 49.9 Å². The highest BCUT2D eigenvalue weighted by Crippen LogP contribution is 2.29. The van der Waals surface area contributed by atoms with Crippen molar-refractivity contribution >= 4 is 40.1 Å². The molecule has 0 saturated heterocycles. The smallest absolute Gasteiger partial charge is 0.340 e. The molecule has 0 unspecified atom stereocenters. The number of carbonyl (C=O) groups is 5. The van der Waals surface area contributed by atoms with Crippen molar-refractivity contribution in [3.05, 3.63) is 53.0 Å². The predicted octanol–water partition coefficient (Wildman–Crippen LogP) is 5.43. The van der Waals surface area contributed by atoms with Crippen LogP contribution < -0.4 is 10.1 Å². The lowest BCUT2D eigenvalue weighted by molar-refractivity contribution is -0.133. The van der Waals surface area contributed by atoms with Crippen LogP contribution in [0.15, 0.2) is 30.5 Å². The highest BCUT2D eigenvalue weighted by atomic mass is 16.5. The summed E-state index contributed by atoms with van der Waals surface area (Å²) in [7, 11) is 3.39. The fourth-order valence-electron chi connectivity index (χ4n) is 6.32. The van der Waals surface area contributed by atoms with Gasteiger partial charge in [-0.2, -0.15) is 0 Å². The van der Waals surface area contributed by atoms with Crippen molar-refractivity contribution in [2.45, 2.75) is 78.7 Å². The Bertz CT molecular complexity index is 1580. The molecule has 10 nitrogen and oxygen atoms in total. The van der Waals surface area contributed by atoms with Crippen LogP contribution in [0, 0.1) is 31.6 Å². The van der Waals surface area contributed by atoms with Gasteiger partial charge in [0.2, 0.25) is 5.91 Å². The number of benzene rings is 1. The van der Waals surface area contributed by atoms with Gasteiger partial charge in [-0.25, -0.2) is 4.79 Å². The average molecular weight is 620 g/mol. The fourth-order valence-corrected chi connectivity index (χ4v) is 6.32. The van der Waals surface area contributed by atoms with Crippen LogP contribution in [0.4, 0.5) is 0 Å². The Kier molecular flexibility index (Phi) is 11.0. The number of carbonyl (C=O) groups excluding carboxylic acids is 5. The summed E-state index contributed by atoms with van der Waals surface area (Å²) >= 11 is 0. The van der Waals surface area contributed by atoms with Gasteiger partial charge >= 0.3 is 5.97 Å². The normalized spacial score (nSPS) is 16.4. The predicted molar refractivity (Wildman–Crippen MR) is 170 cm³/mol. The van der Waals surface area contributed by atoms with E-state index in [1.54, 1.807) is 27.0 Å². The zero-order valence-corrected chi connectivity index (χ0v) is 27.2. The van der Waals surface area contributed by atoms with E-state index < -0.39 is 36.2 Å². The average Bonchev–Trinajstić information content (AvgIpc) is 3.55. The summed E-state index contributed by atoms with van der Waals surface area (Å²) in [5, 5.41) is 3.63. The maximum Gasteiger partial charge on any atom is 0.340 e. The number of aromatic nitrogens is 2. The zero-order valence-electron chi connectivity index (χ0n) is 27.2. The van der Waals surface area contributed by atoms with Gasteiger partial charge in [0.15, 0.2) is 18.2 Å². The van der Waals surface area contributed by atoms with E-state index in [1.165, 1.54) is 0 Å². The third kappa shape index (κ3) is 8.09. The summed E-state index contributed by atoms with van der Waals surface area (Å²) in [6.07, 6.45) is 5.07. The summed E-state index contributed by atoms with van der Waals surface area (Å²) in [4.78, 5) is 69.5. The first kappa shape index (κ1) is 33.7. The molecule has 1 aliphatic rings. The van der Waals surface area contributed by atoms with Gasteiger partial charge in [0.05, 0.1) is 24.4 Å². The maximum absolute atomic E-state index is 13.8. The summed E-state index contributed by atoms with van der Waals surface area (Å²) in [6, 6.07) is 6.19. The Morgan fingerprint density at radius 3 is 2.53 bits per heavy atom. The summed E-state index contributed by atoms with van der Waals surface area (Å²) in [5.74, 6) is -2.04. The van der Waals surface area contributed by atoms with Gasteiger partial charge in [0.25, 0.3) is 0 Å². The Labute approximate surface area is 264 Å². The molecule has 1 aliphatic carbocycles. The zero-order chi connectivity index (χ0) is 32.8. The second-order valence-corrected chi connectivity index (χ2v) is 12.7. The van der Waals surface area contributed by atoms with Gasteiger partial charge < -0.3 is 24.3 Å². The second kappa shape index (κ2) is 14.7. The lowest BCUT2D eigenvalue weighted by Gasteiger charge is -2.27. The van der Waals surface area contributed by atoms with Gasteiger partial charge in [-0.1, -0.05) is 26.3 Å². The summed E-state index contributed by atoms with van der Waals surface area (Å²) in [6.45, 7) is 6.99. The number of methoxy groups -OCH3 is 1. The minimum atomic E-state index is -1.03. The number of aromatic amines is 1. The van der Waals surface area contributed by atoms with E-state index in [0.717, 1.165) is 35.0 Å². The number of H-pyrrole nitrogens is 1. The van der Waals surface area contributed by atoms with E-state index in [-0.39, 0.29) is 36.2 Å². The Morgan fingerprint density at radius 1 is 1.13 bits per heavy atom. The standard InChI is InChI=1S/C35H45N3O7/c1-20(2)14-24(16-30(40)28-17-25-26(36-28)11-9-13-32(25)44-6)34(42)37-27(15-23-10-7-8-12-29(23)39)31(41)19-45-35(43)33-21(3)18-38(5)22(33)4/h9,11,13,17-18,20,23-24,27,36H,7-8,10,12,14-16,19H2,1-6H3,(H,37,42)/t23-,24+,27-/m0/s1. The number of rotatable bonds is 14. The first-order valence-corrected chi connectivity index (χ1v) is 15.7. The number of esters is 1. The van der Waals surface area contributed by atoms with Crippen molar-refractivity contribution in [2.75, 3.05) is 13.7 Å². The molecule has 2 N–H and O–H groups in total. The van der Waals surface area contributed by atoms with Crippen molar-refractivity contribution in [3.63, 3.8) is 0 Å². The Hall–Kier alpha value is -4.21. The quantitative estimate of drug-likeness (QED) is 0.181. The molecule has 10 heteroatoms. The molecule has 0 spiro atoms. The molecule has 0 bridgehead atoms. The van der Waals surface area contributed by atoms with Crippen LogP contribution >= 0.6 is 0 Å². The van der Waals surface area contributed by atoms with Gasteiger partial charge in [0.1, 0.15) is 11.5 Å².